The zero-order valence-corrected chi connectivity index (χ0v) is 11.8. The van der Waals surface area contributed by atoms with Crippen molar-refractivity contribution in [1.29, 1.82) is 5.26 Å². The topological polar surface area (TPSA) is 71.4 Å². The second kappa shape index (κ2) is 6.19. The molecule has 0 saturated heterocycles. The third kappa shape index (κ3) is 3.01. The van der Waals surface area contributed by atoms with Crippen molar-refractivity contribution in [3.8, 4) is 17.6 Å². The molecule has 0 saturated carbocycles. The third-order valence-corrected chi connectivity index (χ3v) is 3.28. The lowest BCUT2D eigenvalue weighted by Crippen LogP contribution is -2.11. The number of hydrogen-bond acceptors (Lipinski definition) is 4. The predicted octanol–water partition coefficient (Wildman–Crippen LogP) is 2.97. The second-order valence-corrected chi connectivity index (χ2v) is 4.86. The Balaban J connectivity index is 1.76. The van der Waals surface area contributed by atoms with E-state index in [-0.39, 0.29) is 5.91 Å². The van der Waals surface area contributed by atoms with Crippen LogP contribution in [0.25, 0.3) is 0 Å². The molecule has 0 fully saturated rings. The van der Waals surface area contributed by atoms with Crippen LogP contribution in [0.3, 0.4) is 0 Å². The van der Waals surface area contributed by atoms with Crippen LogP contribution in [0.15, 0.2) is 42.5 Å². The molecule has 5 nitrogen and oxygen atoms in total. The molecule has 0 spiro atoms. The Morgan fingerprint density at radius 1 is 1.05 bits per heavy atom. The smallest absolute Gasteiger partial charge is 0.255 e. The van der Waals surface area contributed by atoms with Gasteiger partial charge in [-0.2, -0.15) is 5.26 Å². The first-order chi connectivity index (χ1) is 10.8. The molecule has 1 aliphatic rings. The molecule has 1 heterocycles. The first-order valence-electron chi connectivity index (χ1n) is 6.97. The number of anilines is 1. The van der Waals surface area contributed by atoms with Crippen LogP contribution in [0.2, 0.25) is 0 Å². The van der Waals surface area contributed by atoms with Crippen LogP contribution in [0, 0.1) is 11.3 Å². The number of fused-ring (bicyclic) bond motifs is 1. The Kier molecular flexibility index (Phi) is 3.92. The van der Waals surface area contributed by atoms with Gasteiger partial charge < -0.3 is 14.8 Å². The average Bonchev–Trinajstić information content (AvgIpc) is 2.79. The Bertz CT molecular complexity index is 733. The van der Waals surface area contributed by atoms with E-state index in [1.54, 1.807) is 42.5 Å². The maximum absolute atomic E-state index is 12.2. The molecule has 5 heteroatoms. The van der Waals surface area contributed by atoms with E-state index in [4.69, 9.17) is 14.7 Å². The van der Waals surface area contributed by atoms with Crippen molar-refractivity contribution in [3.05, 3.63) is 53.6 Å². The number of carbonyl (C=O) groups is 1. The summed E-state index contributed by atoms with van der Waals surface area (Å²) in [6.45, 7) is 1.23. The van der Waals surface area contributed by atoms with Gasteiger partial charge in [0.1, 0.15) is 0 Å². The van der Waals surface area contributed by atoms with Gasteiger partial charge in [-0.25, -0.2) is 0 Å². The standard InChI is InChI=1S/C17H14N2O3/c18-11-12-2-4-13(5-3-12)17(20)19-14-6-7-15-16(10-14)22-9-1-8-21-15/h2-7,10H,1,8-9H2,(H,19,20). The molecule has 2 aromatic carbocycles. The van der Waals surface area contributed by atoms with Crippen molar-refractivity contribution in [3.63, 3.8) is 0 Å². The van der Waals surface area contributed by atoms with Crippen LogP contribution in [-0.2, 0) is 0 Å². The van der Waals surface area contributed by atoms with Gasteiger partial charge in [0.05, 0.1) is 24.8 Å². The lowest BCUT2D eigenvalue weighted by Gasteiger charge is -2.10. The van der Waals surface area contributed by atoms with E-state index in [9.17, 15) is 4.79 Å². The van der Waals surface area contributed by atoms with Crippen LogP contribution in [0.1, 0.15) is 22.3 Å². The summed E-state index contributed by atoms with van der Waals surface area (Å²) < 4.78 is 11.1. The molecule has 0 aliphatic carbocycles. The van der Waals surface area contributed by atoms with Crippen molar-refractivity contribution >= 4 is 11.6 Å². The molecule has 0 bridgehead atoms. The zero-order valence-electron chi connectivity index (χ0n) is 11.8. The largest absolute Gasteiger partial charge is 0.490 e. The summed E-state index contributed by atoms with van der Waals surface area (Å²) in [7, 11) is 0. The van der Waals surface area contributed by atoms with Crippen molar-refractivity contribution in [2.45, 2.75) is 6.42 Å². The summed E-state index contributed by atoms with van der Waals surface area (Å²) in [4.78, 5) is 12.2. The van der Waals surface area contributed by atoms with Gasteiger partial charge in [0.25, 0.3) is 5.91 Å². The van der Waals surface area contributed by atoms with Gasteiger partial charge in [0.2, 0.25) is 0 Å². The number of nitrogens with zero attached hydrogens (tertiary/aromatic N) is 1. The van der Waals surface area contributed by atoms with Gasteiger partial charge in [-0.05, 0) is 36.4 Å². The van der Waals surface area contributed by atoms with Crippen molar-refractivity contribution in [1.82, 2.24) is 0 Å². The van der Waals surface area contributed by atoms with Crippen LogP contribution in [0.5, 0.6) is 11.5 Å². The maximum atomic E-state index is 12.2. The van der Waals surface area contributed by atoms with Crippen LogP contribution < -0.4 is 14.8 Å². The van der Waals surface area contributed by atoms with Crippen molar-refractivity contribution in [2.24, 2.45) is 0 Å². The third-order valence-electron chi connectivity index (χ3n) is 3.28. The molecule has 1 aliphatic heterocycles. The van der Waals surface area contributed by atoms with Crippen LogP contribution in [-0.4, -0.2) is 19.1 Å². The quantitative estimate of drug-likeness (QED) is 0.924. The number of benzene rings is 2. The number of hydrogen-bond donors (Lipinski definition) is 1. The van der Waals surface area contributed by atoms with Gasteiger partial charge in [-0.3, -0.25) is 4.79 Å². The highest BCUT2D eigenvalue weighted by atomic mass is 16.5. The summed E-state index contributed by atoms with van der Waals surface area (Å²) in [6, 6.07) is 13.8. The van der Waals surface area contributed by atoms with E-state index in [1.807, 2.05) is 6.07 Å². The lowest BCUT2D eigenvalue weighted by molar-refractivity contribution is 0.102. The number of carbonyl (C=O) groups excluding carboxylic acids is 1. The average molecular weight is 294 g/mol. The van der Waals surface area contributed by atoms with Crippen molar-refractivity contribution in [2.75, 3.05) is 18.5 Å². The summed E-state index contributed by atoms with van der Waals surface area (Å²) >= 11 is 0. The molecule has 0 radical (unpaired) electrons. The summed E-state index contributed by atoms with van der Waals surface area (Å²) in [5.74, 6) is 1.09. The monoisotopic (exact) mass is 294 g/mol. The minimum atomic E-state index is -0.237. The van der Waals surface area contributed by atoms with E-state index in [0.29, 0.717) is 41.5 Å². The minimum absolute atomic E-state index is 0.237. The number of amides is 1. The van der Waals surface area contributed by atoms with Crippen LogP contribution in [0.4, 0.5) is 5.69 Å². The highest BCUT2D eigenvalue weighted by Crippen LogP contribution is 2.32. The second-order valence-electron chi connectivity index (χ2n) is 4.86. The molecule has 110 valence electrons. The highest BCUT2D eigenvalue weighted by Gasteiger charge is 2.12. The fourth-order valence-corrected chi connectivity index (χ4v) is 2.14. The van der Waals surface area contributed by atoms with E-state index < -0.39 is 0 Å². The maximum Gasteiger partial charge on any atom is 0.255 e. The summed E-state index contributed by atoms with van der Waals surface area (Å²) in [5.41, 5.74) is 1.65. The molecular formula is C17H14N2O3. The molecule has 3 rings (SSSR count). The number of nitrogens with one attached hydrogen (secondary N) is 1. The van der Waals surface area contributed by atoms with Gasteiger partial charge >= 0.3 is 0 Å². The summed E-state index contributed by atoms with van der Waals surface area (Å²) in [5, 5.41) is 11.6. The molecule has 0 unspecified atom stereocenters. The van der Waals surface area contributed by atoms with E-state index in [2.05, 4.69) is 5.32 Å². The van der Waals surface area contributed by atoms with E-state index >= 15 is 0 Å². The number of ether oxygens (including phenoxy) is 2. The fourth-order valence-electron chi connectivity index (χ4n) is 2.14. The fraction of sp³-hybridized carbons (Fsp3) is 0.176. The SMILES string of the molecule is N#Cc1ccc(C(=O)Nc2ccc3c(c2)OCCCO3)cc1. The van der Waals surface area contributed by atoms with Gasteiger partial charge in [0.15, 0.2) is 11.5 Å². The van der Waals surface area contributed by atoms with E-state index in [1.165, 1.54) is 0 Å². The summed E-state index contributed by atoms with van der Waals surface area (Å²) in [6.07, 6.45) is 0.835. The zero-order chi connectivity index (χ0) is 15.4. The first-order valence-corrected chi connectivity index (χ1v) is 6.97. The number of rotatable bonds is 2. The van der Waals surface area contributed by atoms with Crippen molar-refractivity contribution < 1.29 is 14.3 Å². The molecule has 1 N–H and O–H groups in total. The van der Waals surface area contributed by atoms with Gasteiger partial charge in [-0.15, -0.1) is 0 Å². The van der Waals surface area contributed by atoms with E-state index in [0.717, 1.165) is 6.42 Å². The molecule has 1 amide bonds. The Morgan fingerprint density at radius 3 is 2.50 bits per heavy atom. The molecule has 0 aromatic heterocycles. The first kappa shape index (κ1) is 14.0. The Labute approximate surface area is 128 Å². The normalized spacial score (nSPS) is 12.9. The molecule has 0 atom stereocenters. The van der Waals surface area contributed by atoms with Crippen LogP contribution >= 0.6 is 0 Å². The molecular weight excluding hydrogens is 280 g/mol. The predicted molar refractivity (Wildman–Crippen MR) is 81.2 cm³/mol. The molecule has 22 heavy (non-hydrogen) atoms. The minimum Gasteiger partial charge on any atom is -0.490 e. The lowest BCUT2D eigenvalue weighted by atomic mass is 10.1. The van der Waals surface area contributed by atoms with Gasteiger partial charge in [-0.1, -0.05) is 0 Å². The highest BCUT2D eigenvalue weighted by molar-refractivity contribution is 6.04. The Morgan fingerprint density at radius 2 is 1.77 bits per heavy atom. The Hall–Kier alpha value is -3.00. The number of nitriles is 1. The van der Waals surface area contributed by atoms with Gasteiger partial charge in [0, 0.05) is 23.7 Å². The molecule has 2 aromatic rings.